The van der Waals surface area contributed by atoms with Crippen molar-refractivity contribution in [2.24, 2.45) is 0 Å². The number of hydrogen-bond acceptors (Lipinski definition) is 8. The van der Waals surface area contributed by atoms with E-state index in [0.29, 0.717) is 18.6 Å². The highest BCUT2D eigenvalue weighted by atomic mass is 16.5. The third-order valence-corrected chi connectivity index (χ3v) is 8.02. The summed E-state index contributed by atoms with van der Waals surface area (Å²) < 4.78 is 5.99. The fourth-order valence-corrected chi connectivity index (χ4v) is 5.66. The van der Waals surface area contributed by atoms with Crippen LogP contribution in [0.25, 0.3) is 11.3 Å². The summed E-state index contributed by atoms with van der Waals surface area (Å²) in [5.74, 6) is 6.70. The lowest BCUT2D eigenvalue weighted by atomic mass is 10.0. The molecule has 9 nitrogen and oxygen atoms in total. The van der Waals surface area contributed by atoms with E-state index < -0.39 is 0 Å². The predicted molar refractivity (Wildman–Crippen MR) is 177 cm³/mol. The number of carbonyl (C=O) groups excluding carboxylic acids is 1. The number of carbonyl (C=O) groups is 1. The van der Waals surface area contributed by atoms with Gasteiger partial charge in [-0.1, -0.05) is 30.2 Å². The maximum Gasteiger partial charge on any atom is 0.298 e. The van der Waals surface area contributed by atoms with Crippen molar-refractivity contribution in [1.82, 2.24) is 24.7 Å². The van der Waals surface area contributed by atoms with Crippen LogP contribution in [0.1, 0.15) is 31.7 Å². The minimum absolute atomic E-state index is 0.0590. The van der Waals surface area contributed by atoms with Crippen LogP contribution in [-0.4, -0.2) is 90.0 Å². The lowest BCUT2D eigenvalue weighted by molar-refractivity contribution is -0.126. The molecule has 2 aliphatic heterocycles. The molecule has 0 saturated carbocycles. The van der Waals surface area contributed by atoms with E-state index in [2.05, 4.69) is 81.7 Å². The van der Waals surface area contributed by atoms with E-state index in [1.54, 1.807) is 13.1 Å². The standard InChI is InChI=1S/C35H43N7O2/c1-4-9-34(43)42-18-13-31(14-19-42)41(3)20-16-36-29-22-27-23-30(25-29)38-35-37-15-12-33(39-35)28-10-8-11-32(24-28)44-21-7-5-6-17-40(2)26-27/h5-6,8,10-12,15,22-25,31,36H,7,13-14,16-21,26H2,1-3H3,(H,37,38,39)/b6-5+. The van der Waals surface area contributed by atoms with Crippen LogP contribution in [0.2, 0.25) is 0 Å². The average Bonchev–Trinajstić information content (AvgIpc) is 3.02. The number of rotatable bonds is 5. The number of benzene rings is 2. The predicted octanol–water partition coefficient (Wildman–Crippen LogP) is 5.02. The Hall–Kier alpha value is -4.39. The smallest absolute Gasteiger partial charge is 0.298 e. The van der Waals surface area contributed by atoms with Gasteiger partial charge >= 0.3 is 0 Å². The quantitative estimate of drug-likeness (QED) is 0.315. The lowest BCUT2D eigenvalue weighted by Gasteiger charge is -2.36. The first kappa shape index (κ1) is 31.0. The molecule has 3 heterocycles. The maximum atomic E-state index is 12.1. The molecule has 44 heavy (non-hydrogen) atoms. The van der Waals surface area contributed by atoms with Gasteiger partial charge in [-0.2, -0.15) is 0 Å². The van der Waals surface area contributed by atoms with Crippen molar-refractivity contribution in [3.05, 3.63) is 72.4 Å². The Morgan fingerprint density at radius 3 is 2.86 bits per heavy atom. The van der Waals surface area contributed by atoms with Gasteiger partial charge in [0, 0.05) is 68.4 Å². The van der Waals surface area contributed by atoms with Gasteiger partial charge in [-0.15, -0.1) is 0 Å². The number of likely N-dealkylation sites (tertiary alicyclic amines) is 1. The van der Waals surface area contributed by atoms with E-state index in [1.165, 1.54) is 5.56 Å². The highest BCUT2D eigenvalue weighted by molar-refractivity contribution is 5.93. The van der Waals surface area contributed by atoms with E-state index in [9.17, 15) is 4.79 Å². The SMILES string of the molecule is CC#CC(=O)N1CCC(N(C)CCNc2cc3cc(c2)Nc2nccc(n2)-c2cccc(c2)OCC/C=C/CN(C)C3)CC1. The van der Waals surface area contributed by atoms with Crippen LogP contribution in [0.4, 0.5) is 17.3 Å². The molecule has 0 atom stereocenters. The summed E-state index contributed by atoms with van der Waals surface area (Å²) in [5, 5.41) is 7.10. The summed E-state index contributed by atoms with van der Waals surface area (Å²) in [6.07, 6.45) is 8.95. The Bertz CT molecular complexity index is 1500. The summed E-state index contributed by atoms with van der Waals surface area (Å²) in [6.45, 7) is 7.22. The molecule has 1 amide bonds. The van der Waals surface area contributed by atoms with Crippen LogP contribution >= 0.6 is 0 Å². The van der Waals surface area contributed by atoms with E-state index in [4.69, 9.17) is 9.72 Å². The van der Waals surface area contributed by atoms with Crippen molar-refractivity contribution in [1.29, 1.82) is 0 Å². The highest BCUT2D eigenvalue weighted by Gasteiger charge is 2.24. The van der Waals surface area contributed by atoms with Crippen molar-refractivity contribution in [2.75, 3.05) is 64.1 Å². The Morgan fingerprint density at radius 2 is 2.02 bits per heavy atom. The third kappa shape index (κ3) is 8.82. The van der Waals surface area contributed by atoms with Crippen LogP contribution < -0.4 is 15.4 Å². The molecule has 1 fully saturated rings. The summed E-state index contributed by atoms with van der Waals surface area (Å²) in [6, 6.07) is 16.9. The first-order valence-corrected chi connectivity index (χ1v) is 15.4. The maximum absolute atomic E-state index is 12.1. The zero-order valence-corrected chi connectivity index (χ0v) is 26.1. The summed E-state index contributed by atoms with van der Waals surface area (Å²) in [5.41, 5.74) is 5.00. The molecule has 1 saturated heterocycles. The number of fused-ring (bicyclic) bond motifs is 7. The number of amides is 1. The zero-order chi connectivity index (χ0) is 30.7. The Labute approximate surface area is 261 Å². The van der Waals surface area contributed by atoms with Crippen molar-refractivity contribution in [3.63, 3.8) is 0 Å². The van der Waals surface area contributed by atoms with Crippen LogP contribution in [0.3, 0.4) is 0 Å². The number of nitrogens with zero attached hydrogens (tertiary/aromatic N) is 5. The number of piperidine rings is 1. The largest absolute Gasteiger partial charge is 0.493 e. The van der Waals surface area contributed by atoms with E-state index in [-0.39, 0.29) is 5.91 Å². The zero-order valence-electron chi connectivity index (χ0n) is 26.1. The molecule has 230 valence electrons. The Kier molecular flexibility index (Phi) is 10.8. The Balaban J connectivity index is 1.28. The molecule has 2 aromatic carbocycles. The molecule has 0 spiro atoms. The average molecular weight is 594 g/mol. The van der Waals surface area contributed by atoms with Gasteiger partial charge in [0.1, 0.15) is 5.75 Å². The number of aromatic nitrogens is 2. The number of ether oxygens (including phenoxy) is 1. The van der Waals surface area contributed by atoms with Gasteiger partial charge in [0.25, 0.3) is 5.91 Å². The first-order valence-electron chi connectivity index (χ1n) is 15.4. The number of nitrogens with one attached hydrogen (secondary N) is 2. The third-order valence-electron chi connectivity index (χ3n) is 8.02. The topological polar surface area (TPSA) is 85.9 Å². The monoisotopic (exact) mass is 593 g/mol. The minimum atomic E-state index is -0.0590. The molecule has 9 heteroatoms. The second-order valence-electron chi connectivity index (χ2n) is 11.4. The first-order chi connectivity index (χ1) is 21.5. The van der Waals surface area contributed by atoms with Gasteiger partial charge < -0.3 is 25.2 Å². The molecular formula is C35H43N7O2. The van der Waals surface area contributed by atoms with Gasteiger partial charge in [-0.05, 0) is 88.2 Å². The van der Waals surface area contributed by atoms with Gasteiger partial charge in [0.2, 0.25) is 5.95 Å². The second-order valence-corrected chi connectivity index (χ2v) is 11.4. The number of hydrogen-bond donors (Lipinski definition) is 2. The van der Waals surface area contributed by atoms with Crippen LogP contribution in [0, 0.1) is 11.8 Å². The summed E-state index contributed by atoms with van der Waals surface area (Å²) >= 11 is 0. The second kappa shape index (κ2) is 15.4. The van der Waals surface area contributed by atoms with Crippen molar-refractivity contribution in [2.45, 2.75) is 38.8 Å². The molecule has 6 bridgehead atoms. The fourth-order valence-electron chi connectivity index (χ4n) is 5.66. The molecule has 3 aromatic rings. The van der Waals surface area contributed by atoms with Crippen LogP contribution in [0.15, 0.2) is 66.9 Å². The Morgan fingerprint density at radius 1 is 1.16 bits per heavy atom. The van der Waals surface area contributed by atoms with Gasteiger partial charge in [-0.3, -0.25) is 9.69 Å². The molecule has 0 unspecified atom stereocenters. The van der Waals surface area contributed by atoms with Crippen LogP contribution in [-0.2, 0) is 11.3 Å². The molecule has 2 aliphatic rings. The molecule has 1 aromatic heterocycles. The van der Waals surface area contributed by atoms with Crippen molar-refractivity contribution >= 4 is 23.2 Å². The normalized spacial score (nSPS) is 16.9. The van der Waals surface area contributed by atoms with E-state index in [1.807, 2.05) is 35.2 Å². The highest BCUT2D eigenvalue weighted by Crippen LogP contribution is 2.26. The molecule has 2 N–H and O–H groups in total. The summed E-state index contributed by atoms with van der Waals surface area (Å²) in [7, 11) is 4.31. The molecule has 0 aliphatic carbocycles. The van der Waals surface area contributed by atoms with E-state index >= 15 is 0 Å². The molecule has 5 rings (SSSR count). The van der Waals surface area contributed by atoms with E-state index in [0.717, 1.165) is 86.9 Å². The summed E-state index contributed by atoms with van der Waals surface area (Å²) in [4.78, 5) is 28.0. The lowest BCUT2D eigenvalue weighted by Crippen LogP contribution is -2.46. The minimum Gasteiger partial charge on any atom is -0.493 e. The fraction of sp³-hybridized carbons (Fsp3) is 0.400. The molecular weight excluding hydrogens is 550 g/mol. The molecule has 0 radical (unpaired) electrons. The van der Waals surface area contributed by atoms with Gasteiger partial charge in [0.15, 0.2) is 0 Å². The van der Waals surface area contributed by atoms with Gasteiger partial charge in [-0.25, -0.2) is 9.97 Å². The van der Waals surface area contributed by atoms with Crippen molar-refractivity contribution < 1.29 is 9.53 Å². The van der Waals surface area contributed by atoms with Gasteiger partial charge in [0.05, 0.1) is 12.3 Å². The van der Waals surface area contributed by atoms with Crippen LogP contribution in [0.5, 0.6) is 5.75 Å². The van der Waals surface area contributed by atoms with Crippen molar-refractivity contribution in [3.8, 4) is 28.8 Å². The number of anilines is 3. The number of likely N-dealkylation sites (N-methyl/N-ethyl adjacent to an activating group) is 2.